The Hall–Kier alpha value is -1.40. The smallest absolute Gasteiger partial charge is 0.123 e. The molecule has 0 fully saturated rings. The Bertz CT molecular complexity index is 291. The van der Waals surface area contributed by atoms with E-state index in [0.717, 1.165) is 5.56 Å². The van der Waals surface area contributed by atoms with Crippen LogP contribution >= 0.6 is 0 Å². The number of hydrogen-bond acceptors (Lipinski definition) is 2. The molecule has 2 nitrogen and oxygen atoms in total. The van der Waals surface area contributed by atoms with Crippen LogP contribution in [-0.4, -0.2) is 6.54 Å². The molecule has 0 aromatic heterocycles. The van der Waals surface area contributed by atoms with E-state index >= 15 is 0 Å². The number of nitrogens with zero attached hydrogens (tertiary/aromatic N) is 1. The van der Waals surface area contributed by atoms with E-state index in [9.17, 15) is 4.39 Å². The molecule has 62 valence electrons. The van der Waals surface area contributed by atoms with Crippen LogP contribution in [-0.2, 0) is 6.54 Å². The highest BCUT2D eigenvalue weighted by Crippen LogP contribution is 2.02. The lowest BCUT2D eigenvalue weighted by Gasteiger charge is -1.99. The van der Waals surface area contributed by atoms with E-state index in [1.54, 1.807) is 6.07 Å². The summed E-state index contributed by atoms with van der Waals surface area (Å²) in [6, 6.07) is 8.26. The van der Waals surface area contributed by atoms with Crippen LogP contribution in [0.3, 0.4) is 0 Å². The maximum atomic E-state index is 12.6. The first-order valence-electron chi connectivity index (χ1n) is 3.65. The van der Waals surface area contributed by atoms with Crippen molar-refractivity contribution in [2.24, 2.45) is 0 Å². The molecule has 0 heterocycles. The molecule has 12 heavy (non-hydrogen) atoms. The van der Waals surface area contributed by atoms with Crippen LogP contribution in [0.4, 0.5) is 4.39 Å². The van der Waals surface area contributed by atoms with Crippen LogP contribution < -0.4 is 5.32 Å². The molecule has 1 aromatic rings. The molecule has 1 rings (SSSR count). The lowest BCUT2D eigenvalue weighted by atomic mass is 10.2. The fourth-order valence-electron chi connectivity index (χ4n) is 0.910. The van der Waals surface area contributed by atoms with Crippen LogP contribution in [0.15, 0.2) is 24.3 Å². The van der Waals surface area contributed by atoms with Crippen LogP contribution in [0, 0.1) is 17.1 Å². The summed E-state index contributed by atoms with van der Waals surface area (Å²) in [7, 11) is 0. The zero-order valence-electron chi connectivity index (χ0n) is 6.55. The molecule has 0 atom stereocenters. The summed E-state index contributed by atoms with van der Waals surface area (Å²) in [5.74, 6) is -0.244. The second-order valence-corrected chi connectivity index (χ2v) is 2.39. The Morgan fingerprint density at radius 3 is 3.00 bits per heavy atom. The molecule has 0 aliphatic carbocycles. The van der Waals surface area contributed by atoms with E-state index in [4.69, 9.17) is 5.26 Å². The first-order chi connectivity index (χ1) is 5.83. The van der Waals surface area contributed by atoms with Gasteiger partial charge in [0.15, 0.2) is 0 Å². The van der Waals surface area contributed by atoms with Crippen molar-refractivity contribution in [3.05, 3.63) is 35.6 Å². The number of benzene rings is 1. The quantitative estimate of drug-likeness (QED) is 0.542. The number of rotatable bonds is 3. The molecule has 0 radical (unpaired) electrons. The molecule has 0 spiro atoms. The van der Waals surface area contributed by atoms with Crippen molar-refractivity contribution >= 4 is 0 Å². The van der Waals surface area contributed by atoms with Gasteiger partial charge in [-0.25, -0.2) is 4.39 Å². The van der Waals surface area contributed by atoms with Crippen LogP contribution in [0.5, 0.6) is 0 Å². The monoisotopic (exact) mass is 164 g/mol. The Kier molecular flexibility index (Phi) is 3.24. The fourth-order valence-corrected chi connectivity index (χ4v) is 0.910. The summed E-state index contributed by atoms with van der Waals surface area (Å²) in [4.78, 5) is 0. The maximum Gasteiger partial charge on any atom is 0.123 e. The van der Waals surface area contributed by atoms with Crippen molar-refractivity contribution in [1.29, 1.82) is 5.26 Å². The molecule has 0 amide bonds. The Balaban J connectivity index is 2.48. The normalized spacial score (nSPS) is 9.33. The molecule has 0 aliphatic heterocycles. The highest BCUT2D eigenvalue weighted by Gasteiger charge is 1.93. The molecule has 0 aliphatic rings. The number of nitriles is 1. The third kappa shape index (κ3) is 2.69. The van der Waals surface area contributed by atoms with Crippen molar-refractivity contribution in [2.75, 3.05) is 6.54 Å². The van der Waals surface area contributed by atoms with Gasteiger partial charge in [-0.3, -0.25) is 0 Å². The topological polar surface area (TPSA) is 35.8 Å². The third-order valence-electron chi connectivity index (χ3n) is 1.42. The highest BCUT2D eigenvalue weighted by atomic mass is 19.1. The zero-order valence-corrected chi connectivity index (χ0v) is 6.55. The predicted octanol–water partition coefficient (Wildman–Crippen LogP) is 1.44. The van der Waals surface area contributed by atoms with Crippen molar-refractivity contribution in [3.8, 4) is 6.07 Å². The van der Waals surface area contributed by atoms with Crippen LogP contribution in [0.1, 0.15) is 5.56 Å². The van der Waals surface area contributed by atoms with Crippen molar-refractivity contribution in [3.63, 3.8) is 0 Å². The molecule has 0 saturated carbocycles. The lowest BCUT2D eigenvalue weighted by molar-refractivity contribution is 0.623. The summed E-state index contributed by atoms with van der Waals surface area (Å²) in [6.45, 7) is 0.821. The van der Waals surface area contributed by atoms with Crippen LogP contribution in [0.2, 0.25) is 0 Å². The van der Waals surface area contributed by atoms with Gasteiger partial charge in [0.25, 0.3) is 0 Å². The van der Waals surface area contributed by atoms with Gasteiger partial charge < -0.3 is 5.32 Å². The van der Waals surface area contributed by atoms with Gasteiger partial charge in [0.2, 0.25) is 0 Å². The molecule has 0 saturated heterocycles. The van der Waals surface area contributed by atoms with Gasteiger partial charge in [0.1, 0.15) is 5.82 Å². The van der Waals surface area contributed by atoms with Crippen molar-refractivity contribution < 1.29 is 4.39 Å². The van der Waals surface area contributed by atoms with Gasteiger partial charge in [0.05, 0.1) is 12.6 Å². The number of halogens is 1. The number of nitrogens with one attached hydrogen (secondary N) is 1. The minimum Gasteiger partial charge on any atom is -0.300 e. The minimum atomic E-state index is -0.244. The lowest BCUT2D eigenvalue weighted by Crippen LogP contribution is -2.12. The fraction of sp³-hybridized carbons (Fsp3) is 0.222. The first kappa shape index (κ1) is 8.69. The Morgan fingerprint density at radius 2 is 2.33 bits per heavy atom. The van der Waals surface area contributed by atoms with E-state index in [1.165, 1.54) is 12.1 Å². The van der Waals surface area contributed by atoms with E-state index in [-0.39, 0.29) is 12.4 Å². The molecule has 0 bridgehead atoms. The third-order valence-corrected chi connectivity index (χ3v) is 1.42. The summed E-state index contributed by atoms with van der Waals surface area (Å²) in [5.41, 5.74) is 0.852. The van der Waals surface area contributed by atoms with Gasteiger partial charge >= 0.3 is 0 Å². The molecular formula is C9H9FN2. The van der Waals surface area contributed by atoms with Gasteiger partial charge in [-0.15, -0.1) is 0 Å². The Morgan fingerprint density at radius 1 is 1.50 bits per heavy atom. The second-order valence-electron chi connectivity index (χ2n) is 2.39. The number of hydrogen-bond donors (Lipinski definition) is 1. The van der Waals surface area contributed by atoms with Crippen molar-refractivity contribution in [1.82, 2.24) is 5.32 Å². The second kappa shape index (κ2) is 4.47. The predicted molar refractivity (Wildman–Crippen MR) is 43.7 cm³/mol. The van der Waals surface area contributed by atoms with E-state index in [2.05, 4.69) is 5.32 Å². The minimum absolute atomic E-state index is 0.244. The standard InChI is InChI=1S/C9H9FN2/c10-9-3-1-2-8(6-9)7-12-5-4-11/h1-3,6,12H,5,7H2. The summed E-state index contributed by atoms with van der Waals surface area (Å²) in [5, 5.41) is 11.1. The van der Waals surface area contributed by atoms with E-state index in [1.807, 2.05) is 12.1 Å². The largest absolute Gasteiger partial charge is 0.300 e. The van der Waals surface area contributed by atoms with E-state index in [0.29, 0.717) is 6.54 Å². The van der Waals surface area contributed by atoms with Gasteiger partial charge in [-0.2, -0.15) is 5.26 Å². The average molecular weight is 164 g/mol. The van der Waals surface area contributed by atoms with Gasteiger partial charge in [0, 0.05) is 6.54 Å². The van der Waals surface area contributed by atoms with E-state index < -0.39 is 0 Å². The molecule has 3 heteroatoms. The maximum absolute atomic E-state index is 12.6. The molecular weight excluding hydrogens is 155 g/mol. The van der Waals surface area contributed by atoms with Crippen LogP contribution in [0.25, 0.3) is 0 Å². The SMILES string of the molecule is N#CCNCc1cccc(F)c1. The molecule has 1 N–H and O–H groups in total. The highest BCUT2D eigenvalue weighted by molar-refractivity contribution is 5.15. The summed E-state index contributed by atoms with van der Waals surface area (Å²) >= 11 is 0. The molecule has 0 unspecified atom stereocenters. The Labute approximate surface area is 70.6 Å². The molecule has 1 aromatic carbocycles. The summed E-state index contributed by atoms with van der Waals surface area (Å²) in [6.07, 6.45) is 0. The average Bonchev–Trinajstić information content (AvgIpc) is 2.05. The van der Waals surface area contributed by atoms with Gasteiger partial charge in [-0.05, 0) is 17.7 Å². The first-order valence-corrected chi connectivity index (χ1v) is 3.65. The van der Waals surface area contributed by atoms with Gasteiger partial charge in [-0.1, -0.05) is 12.1 Å². The zero-order chi connectivity index (χ0) is 8.81. The summed E-state index contributed by atoms with van der Waals surface area (Å²) < 4.78 is 12.6. The van der Waals surface area contributed by atoms with Crippen molar-refractivity contribution in [2.45, 2.75) is 6.54 Å².